The molecule has 0 spiro atoms. The van der Waals surface area contributed by atoms with E-state index in [2.05, 4.69) is 4.90 Å². The normalized spacial score (nSPS) is 20.1. The van der Waals surface area contributed by atoms with E-state index in [1.165, 1.54) is 13.0 Å². The third kappa shape index (κ3) is 3.32. The van der Waals surface area contributed by atoms with Crippen molar-refractivity contribution < 1.29 is 15.0 Å². The summed E-state index contributed by atoms with van der Waals surface area (Å²) < 4.78 is 0. The molecule has 1 aromatic carbocycles. The van der Waals surface area contributed by atoms with Crippen molar-refractivity contribution in [3.05, 3.63) is 28.3 Å². The maximum atomic E-state index is 11.5. The number of nitrogens with zero attached hydrogens (tertiary/aromatic N) is 1. The Bertz CT molecular complexity index is 504. The topological polar surface area (TPSA) is 60.8 Å². The zero-order valence-corrected chi connectivity index (χ0v) is 12.4. The molecule has 1 atom stereocenters. The molecule has 1 aliphatic heterocycles. The van der Waals surface area contributed by atoms with Crippen molar-refractivity contribution in [1.82, 2.24) is 4.90 Å². The Balaban J connectivity index is 2.26. The fourth-order valence-corrected chi connectivity index (χ4v) is 2.98. The number of carbonyl (C=O) groups excluding carboxylic acids is 1. The number of aliphatic hydroxyl groups is 1. The monoisotopic (exact) mass is 297 g/mol. The van der Waals surface area contributed by atoms with Crippen molar-refractivity contribution in [2.75, 3.05) is 13.2 Å². The van der Waals surface area contributed by atoms with Gasteiger partial charge in [-0.2, -0.15) is 0 Å². The maximum absolute atomic E-state index is 11.5. The van der Waals surface area contributed by atoms with Gasteiger partial charge in [-0.15, -0.1) is 0 Å². The number of carbonyl (C=O) groups is 1. The van der Waals surface area contributed by atoms with E-state index in [1.807, 2.05) is 0 Å². The molecule has 0 aliphatic carbocycles. The molecule has 5 heteroatoms. The molecule has 1 aliphatic rings. The minimum atomic E-state index is -0.205. The van der Waals surface area contributed by atoms with Gasteiger partial charge in [-0.1, -0.05) is 18.0 Å². The number of rotatable bonds is 4. The zero-order chi connectivity index (χ0) is 14.7. The van der Waals surface area contributed by atoms with Gasteiger partial charge >= 0.3 is 0 Å². The second-order valence-electron chi connectivity index (χ2n) is 5.32. The van der Waals surface area contributed by atoms with Gasteiger partial charge in [0.15, 0.2) is 5.78 Å². The van der Waals surface area contributed by atoms with E-state index in [0.717, 1.165) is 25.8 Å². The summed E-state index contributed by atoms with van der Waals surface area (Å²) >= 11 is 6.02. The Morgan fingerprint density at radius 1 is 1.45 bits per heavy atom. The summed E-state index contributed by atoms with van der Waals surface area (Å²) in [4.78, 5) is 13.6. The number of hydrogen-bond acceptors (Lipinski definition) is 4. The molecule has 0 aromatic heterocycles. The molecule has 20 heavy (non-hydrogen) atoms. The van der Waals surface area contributed by atoms with Crippen LogP contribution < -0.4 is 0 Å². The van der Waals surface area contributed by atoms with Crippen molar-refractivity contribution in [2.45, 2.75) is 38.8 Å². The average Bonchev–Trinajstić information content (AvgIpc) is 2.42. The predicted octanol–water partition coefficient (Wildman–Crippen LogP) is 2.60. The second kappa shape index (κ2) is 6.57. The van der Waals surface area contributed by atoms with Gasteiger partial charge in [0.2, 0.25) is 0 Å². The molecule has 0 radical (unpaired) electrons. The zero-order valence-electron chi connectivity index (χ0n) is 11.6. The summed E-state index contributed by atoms with van der Waals surface area (Å²) in [5, 5.41) is 20.1. The van der Waals surface area contributed by atoms with E-state index in [4.69, 9.17) is 11.6 Å². The highest BCUT2D eigenvalue weighted by Crippen LogP contribution is 2.30. The molecule has 0 bridgehead atoms. The average molecular weight is 298 g/mol. The Labute approximate surface area is 124 Å². The van der Waals surface area contributed by atoms with Crippen molar-refractivity contribution in [3.63, 3.8) is 0 Å². The lowest BCUT2D eigenvalue weighted by Gasteiger charge is -2.34. The van der Waals surface area contributed by atoms with Crippen LogP contribution in [0.15, 0.2) is 12.1 Å². The molecule has 4 nitrogen and oxygen atoms in total. The van der Waals surface area contributed by atoms with Crippen LogP contribution in [0.2, 0.25) is 5.02 Å². The van der Waals surface area contributed by atoms with Gasteiger partial charge in [0, 0.05) is 23.2 Å². The number of aliphatic hydroxyl groups excluding tert-OH is 1. The number of Topliss-reactive ketones (excluding diaryl/α,β-unsaturated/α-hetero) is 1. The van der Waals surface area contributed by atoms with E-state index in [0.29, 0.717) is 17.1 Å². The quantitative estimate of drug-likeness (QED) is 0.839. The van der Waals surface area contributed by atoms with Gasteiger partial charge in [-0.25, -0.2) is 0 Å². The molecule has 0 unspecified atom stereocenters. The minimum absolute atomic E-state index is 0.00385. The Morgan fingerprint density at radius 2 is 2.20 bits per heavy atom. The number of halogens is 1. The molecule has 1 fully saturated rings. The maximum Gasteiger partial charge on any atom is 0.163 e. The van der Waals surface area contributed by atoms with Gasteiger partial charge in [0.05, 0.1) is 12.2 Å². The van der Waals surface area contributed by atoms with Crippen LogP contribution in [-0.4, -0.2) is 40.1 Å². The minimum Gasteiger partial charge on any atom is -0.507 e. The van der Waals surface area contributed by atoms with Gasteiger partial charge < -0.3 is 10.2 Å². The van der Waals surface area contributed by atoms with Gasteiger partial charge in [0.1, 0.15) is 5.75 Å². The van der Waals surface area contributed by atoms with E-state index < -0.39 is 0 Å². The SMILES string of the molecule is CC(=O)c1cc(Cl)cc(CN2CCCC[C@@H]2CO)c1O. The molecule has 1 saturated heterocycles. The van der Waals surface area contributed by atoms with Crippen molar-refractivity contribution >= 4 is 17.4 Å². The number of likely N-dealkylation sites (tertiary alicyclic amines) is 1. The lowest BCUT2D eigenvalue weighted by Crippen LogP contribution is -2.41. The summed E-state index contributed by atoms with van der Waals surface area (Å²) in [6, 6.07) is 3.29. The largest absolute Gasteiger partial charge is 0.507 e. The summed E-state index contributed by atoms with van der Waals surface area (Å²) in [5.74, 6) is -0.201. The van der Waals surface area contributed by atoms with Crippen LogP contribution in [0, 0.1) is 0 Å². The molecule has 1 heterocycles. The lowest BCUT2D eigenvalue weighted by molar-refractivity contribution is 0.0833. The van der Waals surface area contributed by atoms with Crippen LogP contribution in [-0.2, 0) is 6.54 Å². The number of benzene rings is 1. The smallest absolute Gasteiger partial charge is 0.163 e. The van der Waals surface area contributed by atoms with Crippen molar-refractivity contribution in [3.8, 4) is 5.75 Å². The molecule has 0 amide bonds. The number of aromatic hydroxyl groups is 1. The first-order valence-electron chi connectivity index (χ1n) is 6.90. The number of ketones is 1. The van der Waals surface area contributed by atoms with Gasteiger partial charge in [-0.3, -0.25) is 9.69 Å². The van der Waals surface area contributed by atoms with E-state index >= 15 is 0 Å². The van der Waals surface area contributed by atoms with Gasteiger partial charge in [-0.05, 0) is 38.4 Å². The molecule has 2 N–H and O–H groups in total. The standard InChI is InChI=1S/C15H20ClNO3/c1-10(19)14-7-12(16)6-11(15(14)20)8-17-5-3-2-4-13(17)9-18/h6-7,13,18,20H,2-5,8-9H2,1H3/t13-/m1/s1. The van der Waals surface area contributed by atoms with E-state index in [9.17, 15) is 15.0 Å². The predicted molar refractivity (Wildman–Crippen MR) is 78.3 cm³/mol. The number of phenols is 1. The molecular weight excluding hydrogens is 278 g/mol. The summed E-state index contributed by atoms with van der Waals surface area (Å²) in [6.45, 7) is 2.90. The molecule has 110 valence electrons. The molecule has 1 aromatic rings. The Morgan fingerprint density at radius 3 is 2.85 bits per heavy atom. The Hall–Kier alpha value is -1.10. The summed E-state index contributed by atoms with van der Waals surface area (Å²) in [7, 11) is 0. The van der Waals surface area contributed by atoms with E-state index in [-0.39, 0.29) is 29.7 Å². The third-order valence-corrected chi connectivity index (χ3v) is 4.08. The molecule has 2 rings (SSSR count). The first-order chi connectivity index (χ1) is 9.52. The third-order valence-electron chi connectivity index (χ3n) is 3.87. The highest BCUT2D eigenvalue weighted by atomic mass is 35.5. The van der Waals surface area contributed by atoms with Crippen LogP contribution >= 0.6 is 11.6 Å². The molecule has 0 saturated carbocycles. The fourth-order valence-electron chi connectivity index (χ4n) is 2.74. The van der Waals surface area contributed by atoms with Crippen LogP contribution in [0.1, 0.15) is 42.1 Å². The van der Waals surface area contributed by atoms with Gasteiger partial charge in [0.25, 0.3) is 0 Å². The lowest BCUT2D eigenvalue weighted by atomic mass is 10.00. The van der Waals surface area contributed by atoms with Crippen LogP contribution in [0.3, 0.4) is 0 Å². The molecular formula is C15H20ClNO3. The van der Waals surface area contributed by atoms with Crippen LogP contribution in [0.25, 0.3) is 0 Å². The second-order valence-corrected chi connectivity index (χ2v) is 5.76. The summed E-state index contributed by atoms with van der Waals surface area (Å²) in [5.41, 5.74) is 0.896. The van der Waals surface area contributed by atoms with Crippen molar-refractivity contribution in [2.24, 2.45) is 0 Å². The first-order valence-corrected chi connectivity index (χ1v) is 7.28. The fraction of sp³-hybridized carbons (Fsp3) is 0.533. The summed E-state index contributed by atoms with van der Waals surface area (Å²) in [6.07, 6.45) is 3.15. The van der Waals surface area contributed by atoms with Crippen molar-refractivity contribution in [1.29, 1.82) is 0 Å². The first kappa shape index (κ1) is 15.3. The van der Waals surface area contributed by atoms with Crippen LogP contribution in [0.5, 0.6) is 5.75 Å². The van der Waals surface area contributed by atoms with E-state index in [1.54, 1.807) is 6.07 Å². The number of hydrogen-bond donors (Lipinski definition) is 2. The number of phenolic OH excluding ortho intramolecular Hbond substituents is 1. The Kier molecular flexibility index (Phi) is 5.02. The highest BCUT2D eigenvalue weighted by Gasteiger charge is 2.23. The number of piperidine rings is 1. The highest BCUT2D eigenvalue weighted by molar-refractivity contribution is 6.31. The van der Waals surface area contributed by atoms with Crippen LogP contribution in [0.4, 0.5) is 0 Å².